The van der Waals surface area contributed by atoms with E-state index in [1.807, 2.05) is 0 Å². The number of anilines is 1. The van der Waals surface area contributed by atoms with Gasteiger partial charge in [-0.3, -0.25) is 29.8 Å². The van der Waals surface area contributed by atoms with Crippen molar-refractivity contribution in [2.45, 2.75) is 11.8 Å². The molecule has 1 N–H and O–H groups in total. The Morgan fingerprint density at radius 2 is 1.64 bits per heavy atom. The number of carbonyl (C=O) groups is 2. The number of nitrogens with zero attached hydrogens (tertiary/aromatic N) is 3. The second kappa shape index (κ2) is 8.48. The lowest BCUT2D eigenvalue weighted by Crippen LogP contribution is -2.16. The van der Waals surface area contributed by atoms with Gasteiger partial charge in [-0.15, -0.1) is 0 Å². The van der Waals surface area contributed by atoms with E-state index in [4.69, 9.17) is 0 Å². The molecule has 11 heteroatoms. The molecule has 2 aromatic rings. The van der Waals surface area contributed by atoms with E-state index in [2.05, 4.69) is 5.32 Å². The van der Waals surface area contributed by atoms with Crippen LogP contribution in [-0.4, -0.2) is 40.0 Å². The Morgan fingerprint density at radius 3 is 2.14 bits per heavy atom. The van der Waals surface area contributed by atoms with Gasteiger partial charge in [0.15, 0.2) is 0 Å². The van der Waals surface area contributed by atoms with Crippen LogP contribution in [0.15, 0.2) is 41.3 Å². The fourth-order valence-electron chi connectivity index (χ4n) is 2.21. The average molecular weight is 404 g/mol. The van der Waals surface area contributed by atoms with Crippen LogP contribution >= 0.6 is 11.8 Å². The van der Waals surface area contributed by atoms with Gasteiger partial charge in [0.1, 0.15) is 0 Å². The third kappa shape index (κ3) is 4.82. The molecule has 0 aliphatic carbocycles. The molecule has 0 spiro atoms. The number of hydrogen-bond donors (Lipinski definition) is 1. The first-order valence-corrected chi connectivity index (χ1v) is 8.65. The van der Waals surface area contributed by atoms with Gasteiger partial charge in [-0.1, -0.05) is 0 Å². The van der Waals surface area contributed by atoms with E-state index in [1.165, 1.54) is 11.8 Å². The van der Waals surface area contributed by atoms with Crippen LogP contribution in [-0.2, 0) is 0 Å². The summed E-state index contributed by atoms with van der Waals surface area (Å²) in [6.45, 7) is 1.35. The Balaban J connectivity index is 2.26. The number of hydrogen-bond acceptors (Lipinski definition) is 7. The molecule has 0 atom stereocenters. The summed E-state index contributed by atoms with van der Waals surface area (Å²) in [5.41, 5.74) is -0.816. The van der Waals surface area contributed by atoms with E-state index in [0.29, 0.717) is 10.6 Å². The second-order valence-corrected chi connectivity index (χ2v) is 6.92. The lowest BCUT2D eigenvalue weighted by atomic mass is 10.0. The van der Waals surface area contributed by atoms with Gasteiger partial charge in [0.25, 0.3) is 22.5 Å². The van der Waals surface area contributed by atoms with Crippen molar-refractivity contribution in [2.24, 2.45) is 0 Å². The highest BCUT2D eigenvalue weighted by atomic mass is 32.2. The number of benzene rings is 2. The highest BCUT2D eigenvalue weighted by molar-refractivity contribution is 8.13. The minimum atomic E-state index is -0.795. The zero-order valence-corrected chi connectivity index (χ0v) is 16.0. The molecule has 0 aliphatic rings. The zero-order valence-electron chi connectivity index (χ0n) is 15.2. The van der Waals surface area contributed by atoms with Crippen LogP contribution in [0.2, 0.25) is 0 Å². The first-order chi connectivity index (χ1) is 13.1. The highest BCUT2D eigenvalue weighted by Gasteiger charge is 2.24. The van der Waals surface area contributed by atoms with E-state index in [-0.39, 0.29) is 16.4 Å². The fourth-order valence-corrected chi connectivity index (χ4v) is 2.87. The molecule has 0 heterocycles. The highest BCUT2D eigenvalue weighted by Crippen LogP contribution is 2.29. The molecule has 0 fully saturated rings. The molecule has 0 saturated heterocycles. The number of nitro groups is 2. The van der Waals surface area contributed by atoms with Crippen LogP contribution in [0, 0.1) is 27.2 Å². The minimum Gasteiger partial charge on any atom is -0.339 e. The summed E-state index contributed by atoms with van der Waals surface area (Å²) in [6, 6.07) is 8.20. The van der Waals surface area contributed by atoms with Crippen LogP contribution in [0.3, 0.4) is 0 Å². The van der Waals surface area contributed by atoms with E-state index < -0.39 is 27.1 Å². The molecule has 0 radical (unpaired) electrons. The van der Waals surface area contributed by atoms with Gasteiger partial charge in [-0.2, -0.15) is 0 Å². The molecule has 146 valence electrons. The van der Waals surface area contributed by atoms with Crippen LogP contribution in [0.25, 0.3) is 0 Å². The molecule has 28 heavy (non-hydrogen) atoms. The molecule has 0 aromatic heterocycles. The third-order valence-corrected chi connectivity index (χ3v) is 4.75. The topological polar surface area (TPSA) is 136 Å². The fraction of sp³-hybridized carbons (Fsp3) is 0.176. The van der Waals surface area contributed by atoms with Crippen molar-refractivity contribution in [3.8, 4) is 0 Å². The van der Waals surface area contributed by atoms with Crippen molar-refractivity contribution >= 4 is 40.0 Å². The number of rotatable bonds is 5. The number of nitrogens with one attached hydrogen (secondary N) is 1. The summed E-state index contributed by atoms with van der Waals surface area (Å²) in [5.74, 6) is -0.714. The molecular weight excluding hydrogens is 388 g/mol. The van der Waals surface area contributed by atoms with Crippen molar-refractivity contribution in [1.82, 2.24) is 4.90 Å². The smallest absolute Gasteiger partial charge is 0.285 e. The van der Waals surface area contributed by atoms with Gasteiger partial charge >= 0.3 is 0 Å². The second-order valence-electron chi connectivity index (χ2n) is 5.89. The summed E-state index contributed by atoms with van der Waals surface area (Å²) in [4.78, 5) is 46.9. The van der Waals surface area contributed by atoms with Crippen LogP contribution in [0.5, 0.6) is 0 Å². The van der Waals surface area contributed by atoms with Crippen molar-refractivity contribution in [2.75, 3.05) is 19.4 Å². The third-order valence-electron chi connectivity index (χ3n) is 3.70. The maximum absolute atomic E-state index is 12.5. The predicted molar refractivity (Wildman–Crippen MR) is 104 cm³/mol. The summed E-state index contributed by atoms with van der Waals surface area (Å²) in [6.07, 6.45) is 0. The standard InChI is InChI=1S/C17H16N4O6S/c1-10-14(8-12(20(24)25)9-15(10)21(26)27)16(22)18-11-4-6-13(7-5-11)28-17(23)19(2)3/h4-9H,1-3H3,(H,18,22). The number of non-ortho nitro benzene ring substituents is 1. The van der Waals surface area contributed by atoms with E-state index >= 15 is 0 Å². The van der Waals surface area contributed by atoms with Crippen LogP contribution < -0.4 is 5.32 Å². The monoisotopic (exact) mass is 404 g/mol. The first kappa shape index (κ1) is 20.8. The van der Waals surface area contributed by atoms with Crippen molar-refractivity contribution in [3.05, 3.63) is 67.8 Å². The lowest BCUT2D eigenvalue weighted by molar-refractivity contribution is -0.394. The molecule has 2 rings (SSSR count). The molecule has 2 amide bonds. The van der Waals surface area contributed by atoms with Gasteiger partial charge in [0, 0.05) is 36.3 Å². The molecule has 0 unspecified atom stereocenters. The molecule has 10 nitrogen and oxygen atoms in total. The zero-order chi connectivity index (χ0) is 21.0. The van der Waals surface area contributed by atoms with E-state index in [0.717, 1.165) is 23.9 Å². The van der Waals surface area contributed by atoms with Gasteiger partial charge in [-0.25, -0.2) is 0 Å². The summed E-state index contributed by atoms with van der Waals surface area (Å²) >= 11 is 1.01. The van der Waals surface area contributed by atoms with Crippen molar-refractivity contribution in [1.29, 1.82) is 0 Å². The van der Waals surface area contributed by atoms with Gasteiger partial charge in [-0.05, 0) is 43.0 Å². The Morgan fingerprint density at radius 1 is 1.04 bits per heavy atom. The normalized spacial score (nSPS) is 10.2. The van der Waals surface area contributed by atoms with Crippen molar-refractivity contribution in [3.63, 3.8) is 0 Å². The van der Waals surface area contributed by atoms with Gasteiger partial charge in [0.2, 0.25) is 0 Å². The van der Waals surface area contributed by atoms with E-state index in [9.17, 15) is 29.8 Å². The first-order valence-electron chi connectivity index (χ1n) is 7.84. The maximum Gasteiger partial charge on any atom is 0.285 e. The molecular formula is C17H16N4O6S. The minimum absolute atomic E-state index is 0.0249. The number of amides is 2. The van der Waals surface area contributed by atoms with Crippen molar-refractivity contribution < 1.29 is 19.4 Å². The van der Waals surface area contributed by atoms with E-state index in [1.54, 1.807) is 38.4 Å². The Bertz CT molecular complexity index is 959. The largest absolute Gasteiger partial charge is 0.339 e. The maximum atomic E-state index is 12.5. The Kier molecular flexibility index (Phi) is 6.31. The quantitative estimate of drug-likeness (QED) is 0.454. The lowest BCUT2D eigenvalue weighted by Gasteiger charge is -2.10. The molecule has 0 bridgehead atoms. The molecule has 2 aromatic carbocycles. The number of nitro benzene ring substituents is 2. The Labute approximate surface area is 163 Å². The van der Waals surface area contributed by atoms with Gasteiger partial charge < -0.3 is 10.2 Å². The number of carbonyl (C=O) groups excluding carboxylic acids is 2. The SMILES string of the molecule is Cc1c(C(=O)Nc2ccc(SC(=O)N(C)C)cc2)cc([N+](=O)[O-])cc1[N+](=O)[O-]. The van der Waals surface area contributed by atoms with Crippen LogP contribution in [0.4, 0.5) is 21.9 Å². The average Bonchev–Trinajstić information content (AvgIpc) is 2.62. The predicted octanol–water partition coefficient (Wildman–Crippen LogP) is 3.84. The number of thioether (sulfide) groups is 1. The Hall–Kier alpha value is -3.47. The summed E-state index contributed by atoms with van der Waals surface area (Å²) in [7, 11) is 3.26. The van der Waals surface area contributed by atoms with Crippen LogP contribution in [0.1, 0.15) is 15.9 Å². The molecule has 0 saturated carbocycles. The summed E-state index contributed by atoms with van der Waals surface area (Å²) in [5, 5.41) is 24.5. The summed E-state index contributed by atoms with van der Waals surface area (Å²) < 4.78 is 0. The molecule has 0 aliphatic heterocycles. The van der Waals surface area contributed by atoms with Gasteiger partial charge in [0.05, 0.1) is 21.5 Å².